The van der Waals surface area contributed by atoms with E-state index in [1.807, 2.05) is 0 Å². The lowest BCUT2D eigenvalue weighted by molar-refractivity contribution is -0.117. The highest BCUT2D eigenvalue weighted by atomic mass is 16.5. The lowest BCUT2D eigenvalue weighted by Gasteiger charge is -1.99. The molecule has 0 atom stereocenters. The topological polar surface area (TPSA) is 78.1 Å². The molecule has 2 heterocycles. The van der Waals surface area contributed by atoms with Crippen molar-refractivity contribution < 1.29 is 9.53 Å². The van der Waals surface area contributed by atoms with Crippen molar-refractivity contribution in [3.63, 3.8) is 0 Å². The predicted molar refractivity (Wildman–Crippen MR) is 44.1 cm³/mol. The fraction of sp³-hybridized carbons (Fsp3) is 0.375. The number of carbonyl (C=O) groups excluding carboxylic acids is 1. The summed E-state index contributed by atoms with van der Waals surface area (Å²) in [5.74, 6) is 0.581. The number of hydrogen-bond donors (Lipinski definition) is 1. The third kappa shape index (κ3) is 1.58. The second kappa shape index (κ2) is 3.01. The molecular weight excluding hydrogens is 170 g/mol. The Morgan fingerprint density at radius 3 is 3.31 bits per heavy atom. The first-order chi connectivity index (χ1) is 6.25. The molecule has 5 nitrogen and oxygen atoms in total. The van der Waals surface area contributed by atoms with E-state index in [9.17, 15) is 4.79 Å². The second-order valence-corrected chi connectivity index (χ2v) is 2.86. The Balaban J connectivity index is 2.25. The van der Waals surface area contributed by atoms with E-state index in [-0.39, 0.29) is 6.42 Å². The van der Waals surface area contributed by atoms with Crippen molar-refractivity contribution in [2.75, 3.05) is 6.61 Å². The Morgan fingerprint density at radius 2 is 2.54 bits per heavy atom. The largest absolute Gasteiger partial charge is 0.477 e. The molecule has 0 spiro atoms. The van der Waals surface area contributed by atoms with Crippen LogP contribution in [0.3, 0.4) is 0 Å². The van der Waals surface area contributed by atoms with E-state index in [1.165, 1.54) is 0 Å². The first-order valence-corrected chi connectivity index (χ1v) is 4.01. The summed E-state index contributed by atoms with van der Waals surface area (Å²) in [5, 5.41) is 0. The van der Waals surface area contributed by atoms with Crippen molar-refractivity contribution in [3.8, 4) is 5.88 Å². The zero-order chi connectivity index (χ0) is 9.26. The van der Waals surface area contributed by atoms with Crippen LogP contribution in [0.15, 0.2) is 6.20 Å². The van der Waals surface area contributed by atoms with Gasteiger partial charge in [-0.25, -0.2) is 4.98 Å². The van der Waals surface area contributed by atoms with Crippen molar-refractivity contribution in [2.24, 2.45) is 5.73 Å². The van der Waals surface area contributed by atoms with E-state index in [1.54, 1.807) is 6.20 Å². The molecule has 0 radical (unpaired) electrons. The van der Waals surface area contributed by atoms with Crippen molar-refractivity contribution >= 4 is 5.91 Å². The molecule has 13 heavy (non-hydrogen) atoms. The van der Waals surface area contributed by atoms with E-state index in [2.05, 4.69) is 9.97 Å². The standard InChI is InChI=1S/C8H9N3O2/c9-6(12)3-7-10-4-5-1-2-13-8(5)11-7/h4H,1-3H2,(H2,9,12). The van der Waals surface area contributed by atoms with Crippen LogP contribution in [0.5, 0.6) is 5.88 Å². The first-order valence-electron chi connectivity index (χ1n) is 4.01. The highest BCUT2D eigenvalue weighted by Gasteiger charge is 2.15. The Bertz CT molecular complexity index is 351. The van der Waals surface area contributed by atoms with Gasteiger partial charge in [0.25, 0.3) is 0 Å². The van der Waals surface area contributed by atoms with Crippen LogP contribution in [0.4, 0.5) is 0 Å². The summed E-state index contributed by atoms with van der Waals surface area (Å²) < 4.78 is 5.22. The molecule has 1 aromatic rings. The molecular formula is C8H9N3O2. The van der Waals surface area contributed by atoms with Gasteiger partial charge >= 0.3 is 0 Å². The van der Waals surface area contributed by atoms with E-state index in [4.69, 9.17) is 10.5 Å². The summed E-state index contributed by atoms with van der Waals surface area (Å²) in [6.45, 7) is 0.643. The van der Waals surface area contributed by atoms with Crippen LogP contribution in [-0.4, -0.2) is 22.5 Å². The SMILES string of the molecule is NC(=O)Cc1ncc2c(n1)OCC2. The summed E-state index contributed by atoms with van der Waals surface area (Å²) in [6, 6.07) is 0. The molecule has 2 rings (SSSR count). The van der Waals surface area contributed by atoms with E-state index >= 15 is 0 Å². The van der Waals surface area contributed by atoms with Crippen LogP contribution in [-0.2, 0) is 17.6 Å². The van der Waals surface area contributed by atoms with Gasteiger partial charge in [0.15, 0.2) is 0 Å². The number of nitrogens with two attached hydrogens (primary N) is 1. The van der Waals surface area contributed by atoms with Crippen LogP contribution in [0.2, 0.25) is 0 Å². The molecule has 1 amide bonds. The molecule has 1 aliphatic heterocycles. The molecule has 1 aliphatic rings. The van der Waals surface area contributed by atoms with Gasteiger partial charge in [-0.1, -0.05) is 0 Å². The first kappa shape index (κ1) is 7.97. The van der Waals surface area contributed by atoms with Crippen LogP contribution in [0.25, 0.3) is 0 Å². The zero-order valence-electron chi connectivity index (χ0n) is 6.99. The molecule has 0 aromatic carbocycles. The van der Waals surface area contributed by atoms with Gasteiger partial charge in [-0.3, -0.25) is 4.79 Å². The van der Waals surface area contributed by atoms with Gasteiger partial charge in [-0.2, -0.15) is 4.98 Å². The van der Waals surface area contributed by atoms with Gasteiger partial charge in [-0.15, -0.1) is 0 Å². The molecule has 5 heteroatoms. The second-order valence-electron chi connectivity index (χ2n) is 2.86. The quantitative estimate of drug-likeness (QED) is 0.660. The van der Waals surface area contributed by atoms with Crippen molar-refractivity contribution in [2.45, 2.75) is 12.8 Å². The van der Waals surface area contributed by atoms with Gasteiger partial charge in [0.1, 0.15) is 5.82 Å². The Morgan fingerprint density at radius 1 is 1.69 bits per heavy atom. The zero-order valence-corrected chi connectivity index (χ0v) is 6.99. The van der Waals surface area contributed by atoms with Crippen LogP contribution in [0.1, 0.15) is 11.4 Å². The van der Waals surface area contributed by atoms with Crippen LogP contribution < -0.4 is 10.5 Å². The predicted octanol–water partition coefficient (Wildman–Crippen LogP) is -0.561. The average molecular weight is 179 g/mol. The average Bonchev–Trinajstić information content (AvgIpc) is 2.49. The lowest BCUT2D eigenvalue weighted by Crippen LogP contribution is -2.15. The third-order valence-corrected chi connectivity index (χ3v) is 1.82. The van der Waals surface area contributed by atoms with Crippen LogP contribution in [0, 0.1) is 0 Å². The molecule has 0 bridgehead atoms. The van der Waals surface area contributed by atoms with Gasteiger partial charge in [0, 0.05) is 18.2 Å². The van der Waals surface area contributed by atoms with E-state index in [0.29, 0.717) is 18.3 Å². The Kier molecular flexibility index (Phi) is 1.84. The summed E-state index contributed by atoms with van der Waals surface area (Å²) in [6.07, 6.45) is 2.59. The maximum atomic E-state index is 10.6. The summed E-state index contributed by atoms with van der Waals surface area (Å²) in [4.78, 5) is 18.6. The Labute approximate surface area is 74.9 Å². The normalized spacial score (nSPS) is 13.5. The number of primary amides is 1. The fourth-order valence-corrected chi connectivity index (χ4v) is 1.22. The minimum Gasteiger partial charge on any atom is -0.477 e. The van der Waals surface area contributed by atoms with Crippen molar-refractivity contribution in [1.29, 1.82) is 0 Å². The van der Waals surface area contributed by atoms with E-state index in [0.717, 1.165) is 12.0 Å². The lowest BCUT2D eigenvalue weighted by atomic mass is 10.3. The number of aromatic nitrogens is 2. The highest BCUT2D eigenvalue weighted by Crippen LogP contribution is 2.20. The maximum Gasteiger partial charge on any atom is 0.225 e. The number of carbonyl (C=O) groups is 1. The Hall–Kier alpha value is -1.65. The molecule has 0 unspecified atom stereocenters. The van der Waals surface area contributed by atoms with Crippen molar-refractivity contribution in [1.82, 2.24) is 9.97 Å². The van der Waals surface area contributed by atoms with Gasteiger partial charge in [0.05, 0.1) is 13.0 Å². The monoisotopic (exact) mass is 179 g/mol. The fourth-order valence-electron chi connectivity index (χ4n) is 1.22. The number of fused-ring (bicyclic) bond motifs is 1. The molecule has 0 saturated heterocycles. The van der Waals surface area contributed by atoms with Gasteiger partial charge in [0.2, 0.25) is 11.8 Å². The summed E-state index contributed by atoms with van der Waals surface area (Å²) in [7, 11) is 0. The van der Waals surface area contributed by atoms with Gasteiger partial charge in [-0.05, 0) is 0 Å². The third-order valence-electron chi connectivity index (χ3n) is 1.82. The maximum absolute atomic E-state index is 10.6. The van der Waals surface area contributed by atoms with Gasteiger partial charge < -0.3 is 10.5 Å². The number of hydrogen-bond acceptors (Lipinski definition) is 4. The number of ether oxygens (including phenoxy) is 1. The molecule has 2 N–H and O–H groups in total. The summed E-state index contributed by atoms with van der Waals surface area (Å²) >= 11 is 0. The molecule has 68 valence electrons. The van der Waals surface area contributed by atoms with E-state index < -0.39 is 5.91 Å². The van der Waals surface area contributed by atoms with Crippen LogP contribution >= 0.6 is 0 Å². The number of nitrogens with zero attached hydrogens (tertiary/aromatic N) is 2. The molecule has 0 saturated carbocycles. The number of rotatable bonds is 2. The summed E-state index contributed by atoms with van der Waals surface area (Å²) in [5.41, 5.74) is 6.00. The molecule has 0 aliphatic carbocycles. The minimum atomic E-state index is -0.432. The minimum absolute atomic E-state index is 0.0661. The smallest absolute Gasteiger partial charge is 0.225 e. The highest BCUT2D eigenvalue weighted by molar-refractivity contribution is 5.75. The van der Waals surface area contributed by atoms with Crippen molar-refractivity contribution in [3.05, 3.63) is 17.6 Å². The number of amides is 1. The molecule has 1 aromatic heterocycles. The molecule has 0 fully saturated rings.